The molecule has 6 heteroatoms. The minimum absolute atomic E-state index is 0.280. The van der Waals surface area contributed by atoms with Gasteiger partial charge in [0.25, 0.3) is 0 Å². The standard InChI is InChI=1S/C21H35N3O2Si/c1-21(2,3)27(5,6)26-14-15-7-9-17(10-8-15)24-13-16-11-18(22)20(25-4)12-19(16)23-24/h11-13,15,17H,7-10,14,22H2,1-6H3. The normalized spacial score (nSPS) is 21.6. The van der Waals surface area contributed by atoms with Crippen LogP contribution in [0.25, 0.3) is 10.9 Å². The van der Waals surface area contributed by atoms with Gasteiger partial charge in [-0.1, -0.05) is 20.8 Å². The molecule has 0 saturated heterocycles. The van der Waals surface area contributed by atoms with Gasteiger partial charge >= 0.3 is 0 Å². The molecule has 3 rings (SSSR count). The van der Waals surface area contributed by atoms with Crippen molar-refractivity contribution in [3.63, 3.8) is 0 Å². The van der Waals surface area contributed by atoms with Gasteiger partial charge in [0.15, 0.2) is 8.32 Å². The van der Waals surface area contributed by atoms with Crippen LogP contribution in [-0.4, -0.2) is 31.8 Å². The molecule has 1 aromatic heterocycles. The van der Waals surface area contributed by atoms with Crippen molar-refractivity contribution in [1.82, 2.24) is 9.78 Å². The summed E-state index contributed by atoms with van der Waals surface area (Å²) in [6, 6.07) is 4.35. The van der Waals surface area contributed by atoms with E-state index < -0.39 is 8.32 Å². The van der Waals surface area contributed by atoms with Gasteiger partial charge in [0.1, 0.15) is 5.75 Å². The Morgan fingerprint density at radius 3 is 2.44 bits per heavy atom. The monoisotopic (exact) mass is 389 g/mol. The van der Waals surface area contributed by atoms with Gasteiger partial charge in [-0.2, -0.15) is 5.10 Å². The fraction of sp³-hybridized carbons (Fsp3) is 0.667. The Kier molecular flexibility index (Phi) is 5.59. The average molecular weight is 390 g/mol. The Hall–Kier alpha value is -1.53. The van der Waals surface area contributed by atoms with Crippen molar-refractivity contribution in [3.05, 3.63) is 18.3 Å². The summed E-state index contributed by atoms with van der Waals surface area (Å²) in [5.41, 5.74) is 7.64. The van der Waals surface area contributed by atoms with E-state index in [1.54, 1.807) is 7.11 Å². The third-order valence-corrected chi connectivity index (χ3v) is 11.1. The van der Waals surface area contributed by atoms with Crippen LogP contribution in [0.15, 0.2) is 18.3 Å². The Bertz CT molecular complexity index is 787. The summed E-state index contributed by atoms with van der Waals surface area (Å²) >= 11 is 0. The number of nitrogens with zero attached hydrogens (tertiary/aromatic N) is 2. The number of nitrogen functional groups attached to an aromatic ring is 1. The van der Waals surface area contributed by atoms with Crippen LogP contribution in [0.3, 0.4) is 0 Å². The minimum Gasteiger partial charge on any atom is -0.495 e. The Labute approximate surface area is 164 Å². The number of nitrogens with two attached hydrogens (primary N) is 1. The number of ether oxygens (including phenoxy) is 1. The molecule has 27 heavy (non-hydrogen) atoms. The van der Waals surface area contributed by atoms with Gasteiger partial charge in [-0.3, -0.25) is 4.68 Å². The van der Waals surface area contributed by atoms with Crippen molar-refractivity contribution in [1.29, 1.82) is 0 Å². The summed E-state index contributed by atoms with van der Waals surface area (Å²) < 4.78 is 13.9. The van der Waals surface area contributed by atoms with Crippen LogP contribution in [0.1, 0.15) is 52.5 Å². The molecule has 0 atom stereocenters. The zero-order chi connectivity index (χ0) is 19.8. The lowest BCUT2D eigenvalue weighted by molar-refractivity contribution is 0.169. The lowest BCUT2D eigenvalue weighted by Crippen LogP contribution is -2.42. The molecule has 1 aliphatic carbocycles. The first-order chi connectivity index (χ1) is 12.6. The number of fused-ring (bicyclic) bond motifs is 1. The van der Waals surface area contributed by atoms with Crippen molar-refractivity contribution in [2.75, 3.05) is 19.5 Å². The highest BCUT2D eigenvalue weighted by molar-refractivity contribution is 6.74. The SMILES string of the molecule is COc1cc2nn(C3CCC(CO[Si](C)(C)C(C)(C)C)CC3)cc2cc1N. The first kappa shape index (κ1) is 20.2. The van der Waals surface area contributed by atoms with Gasteiger partial charge in [0.05, 0.1) is 24.4 Å². The summed E-state index contributed by atoms with van der Waals surface area (Å²) in [5, 5.41) is 6.15. The van der Waals surface area contributed by atoms with E-state index in [0.29, 0.717) is 23.4 Å². The summed E-state index contributed by atoms with van der Waals surface area (Å²) in [4.78, 5) is 0. The third-order valence-electron chi connectivity index (χ3n) is 6.55. The lowest BCUT2D eigenvalue weighted by Gasteiger charge is -2.38. The Morgan fingerprint density at radius 1 is 1.19 bits per heavy atom. The number of rotatable bonds is 5. The molecule has 0 aliphatic heterocycles. The van der Waals surface area contributed by atoms with E-state index >= 15 is 0 Å². The molecule has 1 aromatic carbocycles. The summed E-state index contributed by atoms with van der Waals surface area (Å²) in [5.74, 6) is 1.37. The van der Waals surface area contributed by atoms with E-state index in [1.807, 2.05) is 12.1 Å². The Morgan fingerprint density at radius 2 is 1.85 bits per heavy atom. The van der Waals surface area contributed by atoms with E-state index in [1.165, 1.54) is 12.8 Å². The molecule has 0 bridgehead atoms. The van der Waals surface area contributed by atoms with Crippen molar-refractivity contribution in [3.8, 4) is 5.75 Å². The highest BCUT2D eigenvalue weighted by atomic mass is 28.4. The maximum atomic E-state index is 6.45. The second kappa shape index (κ2) is 7.47. The quantitative estimate of drug-likeness (QED) is 0.551. The van der Waals surface area contributed by atoms with Crippen LogP contribution in [0.4, 0.5) is 5.69 Å². The van der Waals surface area contributed by atoms with Gasteiger partial charge in [0.2, 0.25) is 0 Å². The highest BCUT2D eigenvalue weighted by Gasteiger charge is 2.38. The largest absolute Gasteiger partial charge is 0.495 e. The van der Waals surface area contributed by atoms with Crippen LogP contribution in [0.5, 0.6) is 5.75 Å². The van der Waals surface area contributed by atoms with E-state index in [-0.39, 0.29) is 5.04 Å². The van der Waals surface area contributed by atoms with Crippen LogP contribution >= 0.6 is 0 Å². The van der Waals surface area contributed by atoms with Crippen molar-refractivity contribution in [2.45, 2.75) is 70.6 Å². The van der Waals surface area contributed by atoms with Gasteiger partial charge in [-0.15, -0.1) is 0 Å². The molecule has 0 amide bonds. The fourth-order valence-electron chi connectivity index (χ4n) is 3.57. The van der Waals surface area contributed by atoms with Crippen molar-refractivity contribution < 1.29 is 9.16 Å². The van der Waals surface area contributed by atoms with Crippen molar-refractivity contribution in [2.24, 2.45) is 5.92 Å². The van der Waals surface area contributed by atoms with E-state index in [2.05, 4.69) is 44.7 Å². The maximum absolute atomic E-state index is 6.45. The van der Waals surface area contributed by atoms with E-state index in [9.17, 15) is 0 Å². The Balaban J connectivity index is 1.60. The molecule has 5 nitrogen and oxygen atoms in total. The van der Waals surface area contributed by atoms with E-state index in [0.717, 1.165) is 30.4 Å². The second-order valence-electron chi connectivity index (χ2n) is 9.51. The molecule has 0 radical (unpaired) electrons. The van der Waals surface area contributed by atoms with E-state index in [4.69, 9.17) is 20.0 Å². The second-order valence-corrected chi connectivity index (χ2v) is 14.3. The number of benzene rings is 1. The first-order valence-electron chi connectivity index (χ1n) is 10.1. The van der Waals surface area contributed by atoms with Gasteiger partial charge in [-0.05, 0) is 55.8 Å². The third kappa shape index (κ3) is 4.32. The predicted molar refractivity (Wildman–Crippen MR) is 115 cm³/mol. The molecule has 0 unspecified atom stereocenters. The lowest BCUT2D eigenvalue weighted by atomic mass is 9.87. The van der Waals surface area contributed by atoms with Gasteiger partial charge in [-0.25, -0.2) is 0 Å². The molecule has 2 N–H and O–H groups in total. The number of methoxy groups -OCH3 is 1. The molecule has 150 valence electrons. The number of aromatic nitrogens is 2. The topological polar surface area (TPSA) is 62.3 Å². The number of anilines is 1. The zero-order valence-electron chi connectivity index (χ0n) is 17.7. The molecule has 1 heterocycles. The van der Waals surface area contributed by atoms with Crippen LogP contribution in [0.2, 0.25) is 18.1 Å². The molecular formula is C21H35N3O2Si. The highest BCUT2D eigenvalue weighted by Crippen LogP contribution is 2.39. The maximum Gasteiger partial charge on any atom is 0.191 e. The van der Waals surface area contributed by atoms with Crippen LogP contribution in [-0.2, 0) is 4.43 Å². The summed E-state index contributed by atoms with van der Waals surface area (Å²) in [6.07, 6.45) is 6.86. The molecule has 1 fully saturated rings. The van der Waals surface area contributed by atoms with Crippen LogP contribution in [0, 0.1) is 5.92 Å². The number of hydrogen-bond donors (Lipinski definition) is 1. The molecule has 2 aromatic rings. The first-order valence-corrected chi connectivity index (χ1v) is 13.0. The average Bonchev–Trinajstić information content (AvgIpc) is 3.01. The van der Waals surface area contributed by atoms with Gasteiger partial charge in [0, 0.05) is 24.3 Å². The number of hydrogen-bond acceptors (Lipinski definition) is 4. The molecule has 0 spiro atoms. The minimum atomic E-state index is -1.65. The molecular weight excluding hydrogens is 354 g/mol. The smallest absolute Gasteiger partial charge is 0.191 e. The molecule has 1 aliphatic rings. The van der Waals surface area contributed by atoms with Crippen molar-refractivity contribution >= 4 is 24.9 Å². The molecule has 1 saturated carbocycles. The summed E-state index contributed by atoms with van der Waals surface area (Å²) in [7, 11) is -0.00725. The fourth-order valence-corrected chi connectivity index (χ4v) is 4.66. The van der Waals surface area contributed by atoms with Crippen LogP contribution < -0.4 is 10.5 Å². The zero-order valence-corrected chi connectivity index (χ0v) is 18.7. The van der Waals surface area contributed by atoms with Gasteiger partial charge < -0.3 is 14.9 Å². The predicted octanol–water partition coefficient (Wildman–Crippen LogP) is 5.38. The summed E-state index contributed by atoms with van der Waals surface area (Å²) in [6.45, 7) is 12.5.